The molecule has 0 unspecified atom stereocenters. The molecule has 36 heavy (non-hydrogen) atoms. The second kappa shape index (κ2) is 10.5. The first-order valence-electron chi connectivity index (χ1n) is 15.6. The summed E-state index contributed by atoms with van der Waals surface area (Å²) in [6.07, 6.45) is 19.6. The maximum atomic E-state index is 11.8. The average molecular weight is 499 g/mol. The van der Waals surface area contributed by atoms with Crippen molar-refractivity contribution in [2.45, 2.75) is 137 Å². The molecule has 0 aromatic carbocycles. The van der Waals surface area contributed by atoms with E-state index < -0.39 is 0 Å². The van der Waals surface area contributed by atoms with Gasteiger partial charge in [0.25, 0.3) is 0 Å². The van der Waals surface area contributed by atoms with Crippen LogP contribution in [-0.4, -0.2) is 24.3 Å². The van der Waals surface area contributed by atoms with E-state index in [1.807, 2.05) is 13.0 Å². The minimum atomic E-state index is -0.381. The molecule has 0 spiro atoms. The Morgan fingerprint density at radius 2 is 1.72 bits per heavy atom. The van der Waals surface area contributed by atoms with E-state index in [2.05, 4.69) is 34.6 Å². The van der Waals surface area contributed by atoms with Crippen molar-refractivity contribution in [3.63, 3.8) is 0 Å². The van der Waals surface area contributed by atoms with E-state index in [1.165, 1.54) is 70.6 Å². The number of carbonyl (C=O) groups is 1. The summed E-state index contributed by atoms with van der Waals surface area (Å²) in [5.74, 6) is 6.33. The van der Waals surface area contributed by atoms with Crippen LogP contribution >= 0.6 is 0 Å². The minimum Gasteiger partial charge on any atom is -0.346 e. The van der Waals surface area contributed by atoms with Crippen LogP contribution in [0.3, 0.4) is 0 Å². The molecule has 3 heteroatoms. The molecule has 3 nitrogen and oxygen atoms in total. The smallest absolute Gasteiger partial charge is 0.184 e. The molecule has 11 atom stereocenters. The largest absolute Gasteiger partial charge is 0.346 e. The molecular formula is C33H54O3. The molecule has 4 saturated carbocycles. The van der Waals surface area contributed by atoms with Gasteiger partial charge in [0, 0.05) is 0 Å². The Morgan fingerprint density at radius 1 is 0.972 bits per heavy atom. The van der Waals surface area contributed by atoms with E-state index >= 15 is 0 Å². The van der Waals surface area contributed by atoms with Crippen molar-refractivity contribution in [2.75, 3.05) is 0 Å². The first kappa shape index (κ1) is 26.9. The molecule has 5 aliphatic rings. The highest BCUT2D eigenvalue weighted by atomic mass is 16.7. The van der Waals surface area contributed by atoms with Gasteiger partial charge in [0.1, 0.15) is 6.10 Å². The molecule has 0 bridgehead atoms. The summed E-state index contributed by atoms with van der Waals surface area (Å²) in [5.41, 5.74) is 1.07. The SMILES string of the molecule is CC(C)CCC[C@@H](C)[C@H]1CC[C@H]2[C@@H]3CC[C@H]4C[C@@H](O[C@@H]5C=CC(=O)[C@H](C)O5)CC[C@]4(C)[C@H]3CC[C@]12C. The Balaban J connectivity index is 1.21. The second-order valence-corrected chi connectivity index (χ2v) is 14.6. The third-order valence-corrected chi connectivity index (χ3v) is 12.3. The first-order chi connectivity index (χ1) is 17.1. The molecule has 0 amide bonds. The summed E-state index contributed by atoms with van der Waals surface area (Å²) in [6.45, 7) is 14.5. The quantitative estimate of drug-likeness (QED) is 0.354. The van der Waals surface area contributed by atoms with Crippen LogP contribution in [0.4, 0.5) is 0 Å². The standard InChI is InChI=1S/C33H54O3/c1-21(2)8-7-9-22(3)27-12-13-28-26-11-10-24-20-25(36-31-15-14-30(34)23(4)35-31)16-18-32(24,5)29(26)17-19-33(27,28)6/h14-15,21-29,31H,7-13,16-20H2,1-6H3/t22-,23+,24+,25+,26+,27-,28+,29+,31-,32+,33-/m1/s1. The number of carbonyl (C=O) groups excluding carboxylic acids is 1. The monoisotopic (exact) mass is 498 g/mol. The Bertz CT molecular complexity index is 818. The predicted molar refractivity (Wildman–Crippen MR) is 146 cm³/mol. The highest BCUT2D eigenvalue weighted by Gasteiger charge is 2.60. The highest BCUT2D eigenvalue weighted by Crippen LogP contribution is 2.68. The fourth-order valence-corrected chi connectivity index (χ4v) is 10.3. The molecule has 4 aliphatic carbocycles. The van der Waals surface area contributed by atoms with Gasteiger partial charge in [-0.15, -0.1) is 0 Å². The fourth-order valence-electron chi connectivity index (χ4n) is 10.3. The van der Waals surface area contributed by atoms with Crippen LogP contribution < -0.4 is 0 Å². The second-order valence-electron chi connectivity index (χ2n) is 14.6. The van der Waals surface area contributed by atoms with E-state index in [-0.39, 0.29) is 24.3 Å². The van der Waals surface area contributed by atoms with Gasteiger partial charge in [0.2, 0.25) is 0 Å². The van der Waals surface area contributed by atoms with Crippen LogP contribution in [0.15, 0.2) is 12.2 Å². The lowest BCUT2D eigenvalue weighted by Gasteiger charge is -2.61. The van der Waals surface area contributed by atoms with Crippen molar-refractivity contribution < 1.29 is 14.3 Å². The van der Waals surface area contributed by atoms with Gasteiger partial charge in [-0.3, -0.25) is 4.79 Å². The lowest BCUT2D eigenvalue weighted by atomic mass is 9.44. The number of hydrogen-bond acceptors (Lipinski definition) is 3. The van der Waals surface area contributed by atoms with Crippen molar-refractivity contribution in [1.82, 2.24) is 0 Å². The van der Waals surface area contributed by atoms with Gasteiger partial charge >= 0.3 is 0 Å². The van der Waals surface area contributed by atoms with Gasteiger partial charge in [-0.25, -0.2) is 0 Å². The van der Waals surface area contributed by atoms with E-state index in [1.54, 1.807) is 6.08 Å². The zero-order chi connectivity index (χ0) is 25.7. The highest BCUT2D eigenvalue weighted by molar-refractivity contribution is 5.93. The lowest BCUT2D eigenvalue weighted by Crippen LogP contribution is -2.54. The predicted octanol–water partition coefficient (Wildman–Crippen LogP) is 8.36. The molecule has 204 valence electrons. The first-order valence-corrected chi connectivity index (χ1v) is 15.6. The molecule has 1 heterocycles. The summed E-state index contributed by atoms with van der Waals surface area (Å²) < 4.78 is 12.2. The van der Waals surface area contributed by atoms with Crippen LogP contribution in [0, 0.1) is 52.3 Å². The van der Waals surface area contributed by atoms with Gasteiger partial charge < -0.3 is 9.47 Å². The van der Waals surface area contributed by atoms with Crippen molar-refractivity contribution in [2.24, 2.45) is 52.3 Å². The zero-order valence-electron chi connectivity index (χ0n) is 24.1. The number of fused-ring (bicyclic) bond motifs is 5. The lowest BCUT2D eigenvalue weighted by molar-refractivity contribution is -0.197. The molecule has 1 aliphatic heterocycles. The van der Waals surface area contributed by atoms with Gasteiger partial charge in [-0.05, 0) is 129 Å². The third kappa shape index (κ3) is 4.90. The Morgan fingerprint density at radius 3 is 2.47 bits per heavy atom. The van der Waals surface area contributed by atoms with Gasteiger partial charge in [0.15, 0.2) is 12.1 Å². The van der Waals surface area contributed by atoms with Gasteiger partial charge in [0.05, 0.1) is 6.10 Å². The Hall–Kier alpha value is -0.670. The molecule has 0 N–H and O–H groups in total. The Labute approximate surface area is 221 Å². The third-order valence-electron chi connectivity index (χ3n) is 12.3. The Kier molecular flexibility index (Phi) is 7.83. The average Bonchev–Trinajstić information content (AvgIpc) is 3.19. The van der Waals surface area contributed by atoms with Gasteiger partial charge in [-0.2, -0.15) is 0 Å². The van der Waals surface area contributed by atoms with Crippen molar-refractivity contribution in [1.29, 1.82) is 0 Å². The summed E-state index contributed by atoms with van der Waals surface area (Å²) in [6, 6.07) is 0. The van der Waals surface area contributed by atoms with Crippen LogP contribution in [0.5, 0.6) is 0 Å². The van der Waals surface area contributed by atoms with E-state index in [0.29, 0.717) is 10.8 Å². The van der Waals surface area contributed by atoms with Crippen LogP contribution in [0.25, 0.3) is 0 Å². The van der Waals surface area contributed by atoms with Crippen LogP contribution in [-0.2, 0) is 14.3 Å². The number of ether oxygens (including phenoxy) is 2. The number of hydrogen-bond donors (Lipinski definition) is 0. The van der Waals surface area contributed by atoms with E-state index in [9.17, 15) is 4.79 Å². The van der Waals surface area contributed by atoms with Crippen molar-refractivity contribution in [3.8, 4) is 0 Å². The van der Waals surface area contributed by atoms with Crippen molar-refractivity contribution >= 4 is 5.78 Å². The molecule has 4 fully saturated rings. The van der Waals surface area contributed by atoms with Gasteiger partial charge in [-0.1, -0.05) is 53.9 Å². The summed E-state index contributed by atoms with van der Waals surface area (Å²) in [7, 11) is 0. The molecule has 0 saturated heterocycles. The molecule has 5 rings (SSSR count). The number of rotatable bonds is 7. The molecule has 0 aromatic rings. The fraction of sp³-hybridized carbons (Fsp3) is 0.909. The summed E-state index contributed by atoms with van der Waals surface area (Å²) in [5, 5.41) is 0. The van der Waals surface area contributed by atoms with Crippen LogP contribution in [0.2, 0.25) is 0 Å². The summed E-state index contributed by atoms with van der Waals surface area (Å²) in [4.78, 5) is 11.8. The maximum absolute atomic E-state index is 11.8. The van der Waals surface area contributed by atoms with Crippen molar-refractivity contribution in [3.05, 3.63) is 12.2 Å². The minimum absolute atomic E-state index is 0.0489. The normalized spacial score (nSPS) is 47.4. The van der Waals surface area contributed by atoms with Crippen LogP contribution in [0.1, 0.15) is 119 Å². The maximum Gasteiger partial charge on any atom is 0.184 e. The molecule has 0 radical (unpaired) electrons. The zero-order valence-corrected chi connectivity index (χ0v) is 24.1. The number of ketones is 1. The summed E-state index contributed by atoms with van der Waals surface area (Å²) >= 11 is 0. The van der Waals surface area contributed by atoms with E-state index in [4.69, 9.17) is 9.47 Å². The molecular weight excluding hydrogens is 444 g/mol. The molecule has 0 aromatic heterocycles. The van der Waals surface area contributed by atoms with E-state index in [0.717, 1.165) is 47.8 Å². The topological polar surface area (TPSA) is 35.5 Å².